The fourth-order valence-corrected chi connectivity index (χ4v) is 5.47. The van der Waals surface area contributed by atoms with Crippen molar-refractivity contribution in [1.29, 1.82) is 0 Å². The van der Waals surface area contributed by atoms with E-state index < -0.39 is 0 Å². The van der Waals surface area contributed by atoms with Gasteiger partial charge in [-0.3, -0.25) is 14.5 Å². The van der Waals surface area contributed by atoms with Gasteiger partial charge in [0.25, 0.3) is 5.91 Å². The van der Waals surface area contributed by atoms with Crippen LogP contribution < -0.4 is 20.7 Å². The largest absolute Gasteiger partial charge is 0.489 e. The number of hydrogen-bond donors (Lipinski definition) is 4. The van der Waals surface area contributed by atoms with Gasteiger partial charge in [-0.1, -0.05) is 6.07 Å². The SMILES string of the molecule is Cc1c(F)cccc1Nc1c(-c2ccncc2OCCn2cccn2)[nH]c2c1C(=O)NC[C@@]21CCCNC1. The zero-order valence-corrected chi connectivity index (χ0v) is 21.2. The number of rotatable bonds is 7. The first kappa shape index (κ1) is 24.2. The van der Waals surface area contributed by atoms with E-state index in [9.17, 15) is 9.18 Å². The summed E-state index contributed by atoms with van der Waals surface area (Å²) < 4.78 is 22.4. The zero-order chi connectivity index (χ0) is 26.1. The number of benzene rings is 1. The topological polar surface area (TPSA) is 109 Å². The second-order valence-electron chi connectivity index (χ2n) is 9.90. The summed E-state index contributed by atoms with van der Waals surface area (Å²) in [6, 6.07) is 8.64. The lowest BCUT2D eigenvalue weighted by Crippen LogP contribution is -2.54. The number of carbonyl (C=O) groups is 1. The van der Waals surface area contributed by atoms with E-state index in [1.165, 1.54) is 6.07 Å². The third kappa shape index (κ3) is 4.30. The highest BCUT2D eigenvalue weighted by Gasteiger charge is 2.44. The van der Waals surface area contributed by atoms with Crippen molar-refractivity contribution in [3.63, 3.8) is 0 Å². The summed E-state index contributed by atoms with van der Waals surface area (Å²) in [5.41, 5.74) is 4.31. The molecule has 1 aromatic carbocycles. The van der Waals surface area contributed by atoms with Crippen LogP contribution in [0, 0.1) is 12.7 Å². The molecule has 0 radical (unpaired) electrons. The molecule has 1 atom stereocenters. The lowest BCUT2D eigenvalue weighted by Gasteiger charge is -2.40. The van der Waals surface area contributed by atoms with Crippen LogP contribution in [0.5, 0.6) is 5.75 Å². The number of aromatic nitrogens is 4. The molecular weight excluding hydrogens is 485 g/mol. The fourth-order valence-electron chi connectivity index (χ4n) is 5.47. The number of H-pyrrole nitrogens is 1. The molecule has 10 heteroatoms. The summed E-state index contributed by atoms with van der Waals surface area (Å²) in [6.07, 6.45) is 8.93. The standard InChI is InChI=1S/C28H30FN7O2/c1-18-20(29)5-2-6-21(18)34-25-23-26(28(17-32-27(23)37)8-3-9-31-16-28)35-24(25)19-7-11-30-15-22(19)38-14-13-36-12-4-10-33-36/h2,4-7,10-12,15,31,34-35H,3,8-9,13-14,16-17H2,1H3,(H,32,37)/t28-/m0/s1. The Balaban J connectivity index is 1.46. The maximum Gasteiger partial charge on any atom is 0.255 e. The Morgan fingerprint density at radius 2 is 2.13 bits per heavy atom. The van der Waals surface area contributed by atoms with Crippen LogP contribution in [-0.2, 0) is 12.0 Å². The minimum absolute atomic E-state index is 0.162. The summed E-state index contributed by atoms with van der Waals surface area (Å²) in [5.74, 6) is 0.101. The molecule has 1 amide bonds. The van der Waals surface area contributed by atoms with E-state index >= 15 is 0 Å². The predicted molar refractivity (Wildman–Crippen MR) is 142 cm³/mol. The molecule has 1 fully saturated rings. The molecule has 9 nitrogen and oxygen atoms in total. The van der Waals surface area contributed by atoms with Crippen molar-refractivity contribution in [2.75, 3.05) is 31.6 Å². The quantitative estimate of drug-likeness (QED) is 0.297. The molecule has 0 bridgehead atoms. The minimum atomic E-state index is -0.315. The first-order valence-corrected chi connectivity index (χ1v) is 12.9. The van der Waals surface area contributed by atoms with Crippen molar-refractivity contribution in [3.05, 3.63) is 77.8 Å². The Bertz CT molecular complexity index is 1460. The van der Waals surface area contributed by atoms with Crippen molar-refractivity contribution in [1.82, 2.24) is 30.4 Å². The van der Waals surface area contributed by atoms with Crippen LogP contribution in [0.2, 0.25) is 0 Å². The van der Waals surface area contributed by atoms with Gasteiger partial charge in [-0.25, -0.2) is 4.39 Å². The van der Waals surface area contributed by atoms with Crippen molar-refractivity contribution in [3.8, 4) is 17.0 Å². The summed E-state index contributed by atoms with van der Waals surface area (Å²) in [7, 11) is 0. The van der Waals surface area contributed by atoms with Crippen molar-refractivity contribution in [2.24, 2.45) is 0 Å². The molecule has 6 rings (SSSR count). The van der Waals surface area contributed by atoms with E-state index in [1.807, 2.05) is 24.4 Å². The van der Waals surface area contributed by atoms with Gasteiger partial charge < -0.3 is 25.7 Å². The molecule has 2 aliphatic heterocycles. The highest BCUT2D eigenvalue weighted by molar-refractivity contribution is 6.07. The minimum Gasteiger partial charge on any atom is -0.489 e. The van der Waals surface area contributed by atoms with Crippen molar-refractivity contribution in [2.45, 2.75) is 31.7 Å². The Labute approximate surface area is 219 Å². The molecule has 196 valence electrons. The number of anilines is 2. The zero-order valence-electron chi connectivity index (χ0n) is 21.2. The Hall–Kier alpha value is -4.18. The van der Waals surface area contributed by atoms with Gasteiger partial charge in [0.1, 0.15) is 18.2 Å². The molecule has 5 heterocycles. The molecule has 1 spiro atoms. The first-order valence-electron chi connectivity index (χ1n) is 12.9. The highest BCUT2D eigenvalue weighted by Crippen LogP contribution is 2.45. The molecular formula is C28H30FN7O2. The average molecular weight is 516 g/mol. The second-order valence-corrected chi connectivity index (χ2v) is 9.90. The molecule has 1 saturated heterocycles. The predicted octanol–water partition coefficient (Wildman–Crippen LogP) is 3.91. The Kier molecular flexibility index (Phi) is 6.32. The lowest BCUT2D eigenvalue weighted by atomic mass is 9.74. The Morgan fingerprint density at radius 3 is 2.95 bits per heavy atom. The number of ether oxygens (including phenoxy) is 1. The third-order valence-electron chi connectivity index (χ3n) is 7.54. The van der Waals surface area contributed by atoms with Gasteiger partial charge in [0.05, 0.1) is 29.7 Å². The number of nitrogens with zero attached hydrogens (tertiary/aromatic N) is 3. The maximum absolute atomic E-state index is 14.5. The number of piperidine rings is 1. The molecule has 4 N–H and O–H groups in total. The van der Waals surface area contributed by atoms with Gasteiger partial charge in [0, 0.05) is 59.6 Å². The van der Waals surface area contributed by atoms with E-state index in [0.717, 1.165) is 37.2 Å². The third-order valence-corrected chi connectivity index (χ3v) is 7.54. The van der Waals surface area contributed by atoms with Crippen LogP contribution in [-0.4, -0.2) is 51.9 Å². The number of amides is 1. The van der Waals surface area contributed by atoms with Crippen LogP contribution in [0.25, 0.3) is 11.3 Å². The smallest absolute Gasteiger partial charge is 0.255 e. The van der Waals surface area contributed by atoms with E-state index in [-0.39, 0.29) is 17.1 Å². The number of carbonyl (C=O) groups excluding carboxylic acids is 1. The number of pyridine rings is 1. The van der Waals surface area contributed by atoms with E-state index in [2.05, 4.69) is 31.0 Å². The highest BCUT2D eigenvalue weighted by atomic mass is 19.1. The second kappa shape index (κ2) is 9.94. The van der Waals surface area contributed by atoms with Gasteiger partial charge in [0.15, 0.2) is 0 Å². The van der Waals surface area contributed by atoms with Gasteiger partial charge in [0.2, 0.25) is 0 Å². The number of fused-ring (bicyclic) bond motifs is 2. The number of halogens is 1. The molecule has 0 unspecified atom stereocenters. The Morgan fingerprint density at radius 1 is 1.21 bits per heavy atom. The van der Waals surface area contributed by atoms with Gasteiger partial charge in [-0.2, -0.15) is 5.10 Å². The number of nitrogens with one attached hydrogen (secondary N) is 4. The van der Waals surface area contributed by atoms with Gasteiger partial charge in [-0.05, 0) is 50.6 Å². The van der Waals surface area contributed by atoms with E-state index in [0.29, 0.717) is 53.6 Å². The lowest BCUT2D eigenvalue weighted by molar-refractivity contribution is 0.0916. The molecule has 2 aliphatic rings. The molecule has 3 aromatic heterocycles. The van der Waals surface area contributed by atoms with Crippen LogP contribution in [0.4, 0.5) is 15.8 Å². The van der Waals surface area contributed by atoms with Gasteiger partial charge in [-0.15, -0.1) is 0 Å². The summed E-state index contributed by atoms with van der Waals surface area (Å²) >= 11 is 0. The monoisotopic (exact) mass is 515 g/mol. The summed E-state index contributed by atoms with van der Waals surface area (Å²) in [4.78, 5) is 21.3. The van der Waals surface area contributed by atoms with Crippen molar-refractivity contribution >= 4 is 17.3 Å². The average Bonchev–Trinajstić information content (AvgIpc) is 3.59. The van der Waals surface area contributed by atoms with Crippen LogP contribution >= 0.6 is 0 Å². The molecule has 0 saturated carbocycles. The van der Waals surface area contributed by atoms with Crippen LogP contribution in [0.15, 0.2) is 55.1 Å². The van der Waals surface area contributed by atoms with E-state index in [4.69, 9.17) is 4.74 Å². The molecule has 4 aromatic rings. The molecule has 38 heavy (non-hydrogen) atoms. The number of aromatic amines is 1. The first-order chi connectivity index (χ1) is 18.6. The fraction of sp³-hybridized carbons (Fsp3) is 0.321. The summed E-state index contributed by atoms with van der Waals surface area (Å²) in [5, 5.41) is 14.3. The normalized spacial score (nSPS) is 18.7. The van der Waals surface area contributed by atoms with Crippen LogP contribution in [0.3, 0.4) is 0 Å². The maximum atomic E-state index is 14.5. The summed E-state index contributed by atoms with van der Waals surface area (Å²) in [6.45, 7) is 4.94. The van der Waals surface area contributed by atoms with Crippen LogP contribution in [0.1, 0.15) is 34.5 Å². The van der Waals surface area contributed by atoms with E-state index in [1.54, 1.807) is 36.3 Å². The van der Waals surface area contributed by atoms with Crippen molar-refractivity contribution < 1.29 is 13.9 Å². The molecule has 0 aliphatic carbocycles. The number of hydrogen-bond acceptors (Lipinski definition) is 6. The van der Waals surface area contributed by atoms with Gasteiger partial charge >= 0.3 is 0 Å².